The first-order valence-electron chi connectivity index (χ1n) is 3.61. The van der Waals surface area contributed by atoms with Gasteiger partial charge in [0, 0.05) is 0 Å². The molecule has 1 aromatic rings. The summed E-state index contributed by atoms with van der Waals surface area (Å²) in [6.07, 6.45) is -5.09. The van der Waals surface area contributed by atoms with Gasteiger partial charge < -0.3 is 14.8 Å². The highest BCUT2D eigenvalue weighted by atomic mass is 19.4. The average Bonchev–Trinajstić information content (AvgIpc) is 2.11. The van der Waals surface area contributed by atoms with E-state index in [9.17, 15) is 22.0 Å². The van der Waals surface area contributed by atoms with Gasteiger partial charge in [0.25, 0.3) is 0 Å². The third-order valence-electron chi connectivity index (χ3n) is 1.14. The Morgan fingerprint density at radius 1 is 1.06 bits per heavy atom. The van der Waals surface area contributed by atoms with Crippen molar-refractivity contribution >= 4 is 7.69 Å². The van der Waals surface area contributed by atoms with Crippen molar-refractivity contribution in [2.24, 2.45) is 0 Å². The van der Waals surface area contributed by atoms with E-state index in [2.05, 4.69) is 4.74 Å². The standard InChI is InChI=1S/C7H3F5O.BH2O2/c8-4-2-1-3-5(9)6(4)13-7(10,11)12;2-1-3/h1-3H;2-3H. The Morgan fingerprint density at radius 3 is 1.75 bits per heavy atom. The normalized spacial score (nSPS) is 10.2. The van der Waals surface area contributed by atoms with Crippen molar-refractivity contribution < 1.29 is 36.7 Å². The van der Waals surface area contributed by atoms with Crippen LogP contribution >= 0.6 is 0 Å². The molecule has 0 spiro atoms. The number of halogens is 5. The molecule has 9 heteroatoms. The quantitative estimate of drug-likeness (QED) is 0.578. The molecular weight excluding hydrogens is 238 g/mol. The van der Waals surface area contributed by atoms with Gasteiger partial charge in [-0.3, -0.25) is 0 Å². The molecule has 0 atom stereocenters. The Bertz CT molecular complexity index is 310. The first-order chi connectivity index (χ1) is 7.31. The lowest BCUT2D eigenvalue weighted by Crippen LogP contribution is -2.18. The van der Waals surface area contributed by atoms with E-state index in [1.165, 1.54) is 0 Å². The fourth-order valence-corrected chi connectivity index (χ4v) is 0.696. The molecule has 0 aliphatic heterocycles. The van der Waals surface area contributed by atoms with Crippen molar-refractivity contribution in [2.75, 3.05) is 0 Å². The number of hydrogen-bond acceptors (Lipinski definition) is 3. The monoisotopic (exact) mass is 243 g/mol. The van der Waals surface area contributed by atoms with Crippen LogP contribution in [0.3, 0.4) is 0 Å². The number of hydrogen-bond donors (Lipinski definition) is 2. The van der Waals surface area contributed by atoms with Gasteiger partial charge in [-0.15, -0.1) is 13.2 Å². The molecule has 0 unspecified atom stereocenters. The van der Waals surface area contributed by atoms with Gasteiger partial charge in [-0.05, 0) is 12.1 Å². The molecule has 16 heavy (non-hydrogen) atoms. The van der Waals surface area contributed by atoms with E-state index in [-0.39, 0.29) is 7.69 Å². The molecule has 0 heterocycles. The summed E-state index contributed by atoms with van der Waals surface area (Å²) in [7, 11) is 0. The molecule has 0 saturated carbocycles. The zero-order valence-electron chi connectivity index (χ0n) is 7.50. The maximum atomic E-state index is 12.5. The molecule has 1 radical (unpaired) electrons. The van der Waals surface area contributed by atoms with Crippen molar-refractivity contribution in [3.8, 4) is 5.75 Å². The second-order valence-corrected chi connectivity index (χ2v) is 2.21. The SMILES string of the molecule is Fc1cccc(F)c1OC(F)(F)F.O[B]O. The highest BCUT2D eigenvalue weighted by molar-refractivity contribution is 6.13. The van der Waals surface area contributed by atoms with Gasteiger partial charge in [-0.1, -0.05) is 6.07 Å². The van der Waals surface area contributed by atoms with Crippen LogP contribution in [0.5, 0.6) is 5.75 Å². The van der Waals surface area contributed by atoms with Crippen LogP contribution in [0.15, 0.2) is 18.2 Å². The molecular formula is C7H5BF5O3. The third-order valence-corrected chi connectivity index (χ3v) is 1.14. The molecule has 0 aliphatic carbocycles. The van der Waals surface area contributed by atoms with Gasteiger partial charge in [0.15, 0.2) is 11.6 Å². The van der Waals surface area contributed by atoms with Crippen molar-refractivity contribution in [1.29, 1.82) is 0 Å². The van der Waals surface area contributed by atoms with Crippen LogP contribution in [0, 0.1) is 11.6 Å². The fraction of sp³-hybridized carbons (Fsp3) is 0.143. The van der Waals surface area contributed by atoms with Crippen LogP contribution in [0.2, 0.25) is 0 Å². The number of rotatable bonds is 1. The summed E-state index contributed by atoms with van der Waals surface area (Å²) >= 11 is 0. The molecule has 0 aliphatic rings. The van der Waals surface area contributed by atoms with Crippen molar-refractivity contribution in [2.45, 2.75) is 6.36 Å². The van der Waals surface area contributed by atoms with Gasteiger partial charge in [0.2, 0.25) is 5.75 Å². The summed E-state index contributed by atoms with van der Waals surface area (Å²) in [4.78, 5) is 0. The molecule has 0 amide bonds. The van der Waals surface area contributed by atoms with E-state index in [4.69, 9.17) is 10.0 Å². The topological polar surface area (TPSA) is 49.7 Å². The number of ether oxygens (including phenoxy) is 1. The third kappa shape index (κ3) is 5.52. The van der Waals surface area contributed by atoms with Crippen LogP contribution in [0.1, 0.15) is 0 Å². The number of para-hydroxylation sites is 1. The predicted octanol–water partition coefficient (Wildman–Crippen LogP) is 1.37. The van der Waals surface area contributed by atoms with E-state index in [1.54, 1.807) is 0 Å². The Kier molecular flexibility index (Phi) is 5.76. The van der Waals surface area contributed by atoms with Gasteiger partial charge in [-0.2, -0.15) is 0 Å². The largest absolute Gasteiger partial charge is 0.573 e. The van der Waals surface area contributed by atoms with Gasteiger partial charge in [0.05, 0.1) is 0 Å². The zero-order valence-corrected chi connectivity index (χ0v) is 7.50. The molecule has 0 bridgehead atoms. The Hall–Kier alpha value is -1.35. The molecule has 0 aromatic heterocycles. The molecule has 0 saturated heterocycles. The van der Waals surface area contributed by atoms with Crippen LogP contribution in [0.25, 0.3) is 0 Å². The van der Waals surface area contributed by atoms with E-state index in [0.29, 0.717) is 12.1 Å². The van der Waals surface area contributed by atoms with Gasteiger partial charge >= 0.3 is 14.0 Å². The molecule has 89 valence electrons. The summed E-state index contributed by atoms with van der Waals surface area (Å²) in [5.74, 6) is -4.22. The predicted molar refractivity (Wildman–Crippen MR) is 43.2 cm³/mol. The van der Waals surface area contributed by atoms with Gasteiger partial charge in [0.1, 0.15) is 0 Å². The summed E-state index contributed by atoms with van der Waals surface area (Å²) in [5, 5.41) is 14.0. The van der Waals surface area contributed by atoms with Crippen molar-refractivity contribution in [1.82, 2.24) is 0 Å². The van der Waals surface area contributed by atoms with Gasteiger partial charge in [-0.25, -0.2) is 8.78 Å². The lowest BCUT2D eigenvalue weighted by atomic mass is 10.3. The van der Waals surface area contributed by atoms with E-state index in [0.717, 1.165) is 6.07 Å². The summed E-state index contributed by atoms with van der Waals surface area (Å²) in [5.41, 5.74) is 0. The maximum Gasteiger partial charge on any atom is 0.573 e. The second kappa shape index (κ2) is 6.28. The summed E-state index contributed by atoms with van der Waals surface area (Å²) < 4.78 is 62.8. The molecule has 1 rings (SSSR count). The van der Waals surface area contributed by atoms with Crippen LogP contribution in [-0.2, 0) is 0 Å². The van der Waals surface area contributed by atoms with Crippen molar-refractivity contribution in [3.63, 3.8) is 0 Å². The smallest absolute Gasteiger partial charge is 0.429 e. The Morgan fingerprint density at radius 2 is 1.44 bits per heavy atom. The molecule has 3 nitrogen and oxygen atoms in total. The first-order valence-corrected chi connectivity index (χ1v) is 3.61. The number of benzene rings is 1. The lowest BCUT2D eigenvalue weighted by molar-refractivity contribution is -0.276. The van der Waals surface area contributed by atoms with Crippen LogP contribution in [0.4, 0.5) is 22.0 Å². The average molecular weight is 243 g/mol. The van der Waals surface area contributed by atoms with E-state index >= 15 is 0 Å². The van der Waals surface area contributed by atoms with E-state index in [1.807, 2.05) is 0 Å². The number of alkyl halides is 3. The zero-order chi connectivity index (χ0) is 12.8. The highest BCUT2D eigenvalue weighted by Crippen LogP contribution is 2.27. The summed E-state index contributed by atoms with van der Waals surface area (Å²) in [6.45, 7) is 0. The van der Waals surface area contributed by atoms with Crippen LogP contribution < -0.4 is 4.74 Å². The Labute approximate surface area is 87.4 Å². The van der Waals surface area contributed by atoms with E-state index < -0.39 is 23.7 Å². The van der Waals surface area contributed by atoms with Crippen LogP contribution in [-0.4, -0.2) is 24.1 Å². The molecule has 1 aromatic carbocycles. The molecule has 0 fully saturated rings. The fourth-order valence-electron chi connectivity index (χ4n) is 0.696. The molecule has 2 N–H and O–H groups in total. The minimum atomic E-state index is -5.09. The minimum absolute atomic E-state index is 0. The highest BCUT2D eigenvalue weighted by Gasteiger charge is 2.33. The second-order valence-electron chi connectivity index (χ2n) is 2.21. The summed E-state index contributed by atoms with van der Waals surface area (Å²) in [6, 6.07) is 2.28. The van der Waals surface area contributed by atoms with Crippen molar-refractivity contribution in [3.05, 3.63) is 29.8 Å². The first kappa shape index (κ1) is 14.7. The minimum Gasteiger partial charge on any atom is -0.429 e. The Balaban J connectivity index is 0.000000673. The lowest BCUT2D eigenvalue weighted by Gasteiger charge is -2.09. The maximum absolute atomic E-state index is 12.5.